The van der Waals surface area contributed by atoms with E-state index in [1.807, 2.05) is 18.2 Å². The van der Waals surface area contributed by atoms with E-state index in [0.29, 0.717) is 12.2 Å². The Labute approximate surface area is 123 Å². The summed E-state index contributed by atoms with van der Waals surface area (Å²) in [5, 5.41) is 0. The smallest absolute Gasteiger partial charge is 0.153 e. The van der Waals surface area contributed by atoms with Crippen molar-refractivity contribution in [3.63, 3.8) is 0 Å². The number of carbonyl (C=O) groups is 1. The van der Waals surface area contributed by atoms with Crippen LogP contribution in [0.3, 0.4) is 0 Å². The van der Waals surface area contributed by atoms with Crippen LogP contribution >= 0.6 is 0 Å². The van der Waals surface area contributed by atoms with Crippen LogP contribution in [-0.4, -0.2) is 29.3 Å². The number of likely N-dealkylation sites (tertiary alicyclic amines) is 1. The standard InChI is InChI=1S/C18H27NO/c1-3-18(2,19-14-8-5-9-15-19)17(20)13-12-16-10-6-4-7-11-16/h4,6-7,10-11H,3,5,8-9,12-15H2,1-2H3. The van der Waals surface area contributed by atoms with Crippen molar-refractivity contribution in [1.82, 2.24) is 4.90 Å². The summed E-state index contributed by atoms with van der Waals surface area (Å²) in [6.45, 7) is 6.46. The number of carbonyl (C=O) groups excluding carboxylic acids is 1. The number of rotatable bonds is 6. The number of Topliss-reactive ketones (excluding diaryl/α,β-unsaturated/α-hetero) is 1. The van der Waals surface area contributed by atoms with E-state index in [1.54, 1.807) is 0 Å². The lowest BCUT2D eigenvalue weighted by atomic mass is 9.86. The minimum Gasteiger partial charge on any atom is -0.298 e. The Kier molecular flexibility index (Phi) is 5.36. The molecule has 1 aliphatic heterocycles. The molecular formula is C18H27NO. The molecule has 2 nitrogen and oxygen atoms in total. The summed E-state index contributed by atoms with van der Waals surface area (Å²) in [7, 11) is 0. The van der Waals surface area contributed by atoms with Crippen LogP contribution in [0.5, 0.6) is 0 Å². The first-order valence-electron chi connectivity index (χ1n) is 7.99. The van der Waals surface area contributed by atoms with Gasteiger partial charge >= 0.3 is 0 Å². The van der Waals surface area contributed by atoms with Gasteiger partial charge in [-0.15, -0.1) is 0 Å². The molecule has 2 heteroatoms. The quantitative estimate of drug-likeness (QED) is 0.785. The second-order valence-electron chi connectivity index (χ2n) is 6.08. The minimum absolute atomic E-state index is 0.255. The van der Waals surface area contributed by atoms with Crippen LogP contribution in [0.4, 0.5) is 0 Å². The molecule has 0 bridgehead atoms. The molecular weight excluding hydrogens is 246 g/mol. The summed E-state index contributed by atoms with van der Waals surface area (Å²) < 4.78 is 0. The zero-order valence-electron chi connectivity index (χ0n) is 12.9. The molecule has 1 heterocycles. The van der Waals surface area contributed by atoms with Crippen LogP contribution < -0.4 is 0 Å². The average molecular weight is 273 g/mol. The predicted octanol–water partition coefficient (Wildman–Crippen LogP) is 3.84. The van der Waals surface area contributed by atoms with E-state index in [4.69, 9.17) is 0 Å². The molecule has 1 saturated heterocycles. The Morgan fingerprint density at radius 2 is 1.80 bits per heavy atom. The van der Waals surface area contributed by atoms with E-state index in [2.05, 4.69) is 30.9 Å². The van der Waals surface area contributed by atoms with Crippen molar-refractivity contribution in [3.05, 3.63) is 35.9 Å². The zero-order chi connectivity index (χ0) is 14.4. The third kappa shape index (κ3) is 3.49. The molecule has 0 amide bonds. The lowest BCUT2D eigenvalue weighted by Crippen LogP contribution is -2.53. The third-order valence-electron chi connectivity index (χ3n) is 4.83. The Balaban J connectivity index is 1.97. The highest BCUT2D eigenvalue weighted by atomic mass is 16.1. The Morgan fingerprint density at radius 1 is 1.15 bits per heavy atom. The third-order valence-corrected chi connectivity index (χ3v) is 4.83. The lowest BCUT2D eigenvalue weighted by Gasteiger charge is -2.42. The van der Waals surface area contributed by atoms with Gasteiger partial charge in [0.1, 0.15) is 0 Å². The van der Waals surface area contributed by atoms with E-state index in [0.717, 1.165) is 25.9 Å². The number of aryl methyl sites for hydroxylation is 1. The van der Waals surface area contributed by atoms with Crippen molar-refractivity contribution in [2.75, 3.05) is 13.1 Å². The second-order valence-corrected chi connectivity index (χ2v) is 6.08. The van der Waals surface area contributed by atoms with Crippen LogP contribution in [0.1, 0.15) is 51.5 Å². The molecule has 0 spiro atoms. The van der Waals surface area contributed by atoms with Crippen molar-refractivity contribution >= 4 is 5.78 Å². The number of piperidine rings is 1. The SMILES string of the molecule is CCC(C)(C(=O)CCc1ccccc1)N1CCCCC1. The topological polar surface area (TPSA) is 20.3 Å². The van der Waals surface area contributed by atoms with E-state index in [-0.39, 0.29) is 5.54 Å². The molecule has 0 N–H and O–H groups in total. The first kappa shape index (κ1) is 15.2. The van der Waals surface area contributed by atoms with Gasteiger partial charge in [-0.1, -0.05) is 43.7 Å². The highest BCUT2D eigenvalue weighted by Gasteiger charge is 2.37. The maximum atomic E-state index is 12.7. The summed E-state index contributed by atoms with van der Waals surface area (Å²) in [5.41, 5.74) is 1.01. The predicted molar refractivity (Wildman–Crippen MR) is 83.9 cm³/mol. The summed E-state index contributed by atoms with van der Waals surface area (Å²) in [6, 6.07) is 10.3. The molecule has 110 valence electrons. The Morgan fingerprint density at radius 3 is 2.40 bits per heavy atom. The molecule has 0 aromatic heterocycles. The van der Waals surface area contributed by atoms with Crippen molar-refractivity contribution in [2.45, 2.75) is 57.9 Å². The molecule has 1 aromatic rings. The molecule has 20 heavy (non-hydrogen) atoms. The highest BCUT2D eigenvalue weighted by molar-refractivity contribution is 5.88. The van der Waals surface area contributed by atoms with Crippen molar-refractivity contribution in [3.8, 4) is 0 Å². The first-order valence-corrected chi connectivity index (χ1v) is 7.99. The summed E-state index contributed by atoms with van der Waals surface area (Å²) in [4.78, 5) is 15.1. The highest BCUT2D eigenvalue weighted by Crippen LogP contribution is 2.26. The largest absolute Gasteiger partial charge is 0.298 e. The van der Waals surface area contributed by atoms with E-state index in [9.17, 15) is 4.79 Å². The number of ketones is 1. The summed E-state index contributed by atoms with van der Waals surface area (Å²) in [5.74, 6) is 0.408. The fourth-order valence-electron chi connectivity index (χ4n) is 3.16. The fraction of sp³-hybridized carbons (Fsp3) is 0.611. The van der Waals surface area contributed by atoms with Gasteiger partial charge in [0.15, 0.2) is 5.78 Å². The zero-order valence-corrected chi connectivity index (χ0v) is 12.9. The van der Waals surface area contributed by atoms with Gasteiger partial charge in [-0.3, -0.25) is 9.69 Å². The van der Waals surface area contributed by atoms with Crippen molar-refractivity contribution in [2.24, 2.45) is 0 Å². The fourth-order valence-corrected chi connectivity index (χ4v) is 3.16. The minimum atomic E-state index is -0.255. The maximum absolute atomic E-state index is 12.7. The van der Waals surface area contributed by atoms with Crippen molar-refractivity contribution in [1.29, 1.82) is 0 Å². The van der Waals surface area contributed by atoms with Gasteiger partial charge in [0.05, 0.1) is 5.54 Å². The Bertz CT molecular complexity index is 422. The normalized spacial score (nSPS) is 19.5. The van der Waals surface area contributed by atoms with Gasteiger partial charge < -0.3 is 0 Å². The van der Waals surface area contributed by atoms with Gasteiger partial charge in [-0.2, -0.15) is 0 Å². The van der Waals surface area contributed by atoms with Gasteiger partial charge in [-0.25, -0.2) is 0 Å². The summed E-state index contributed by atoms with van der Waals surface area (Å²) >= 11 is 0. The average Bonchev–Trinajstić information content (AvgIpc) is 2.53. The molecule has 0 radical (unpaired) electrons. The van der Waals surface area contributed by atoms with Crippen LogP contribution in [0.15, 0.2) is 30.3 Å². The monoisotopic (exact) mass is 273 g/mol. The molecule has 1 aliphatic rings. The Hall–Kier alpha value is -1.15. The van der Waals surface area contributed by atoms with E-state index >= 15 is 0 Å². The van der Waals surface area contributed by atoms with Crippen LogP contribution in [0.2, 0.25) is 0 Å². The molecule has 1 atom stereocenters. The van der Waals surface area contributed by atoms with Crippen LogP contribution in [0.25, 0.3) is 0 Å². The van der Waals surface area contributed by atoms with E-state index in [1.165, 1.54) is 24.8 Å². The van der Waals surface area contributed by atoms with Crippen molar-refractivity contribution < 1.29 is 4.79 Å². The van der Waals surface area contributed by atoms with Gasteiger partial charge in [0, 0.05) is 6.42 Å². The van der Waals surface area contributed by atoms with Gasteiger partial charge in [-0.05, 0) is 51.3 Å². The van der Waals surface area contributed by atoms with Crippen LogP contribution in [-0.2, 0) is 11.2 Å². The maximum Gasteiger partial charge on any atom is 0.153 e. The van der Waals surface area contributed by atoms with Gasteiger partial charge in [0.25, 0.3) is 0 Å². The van der Waals surface area contributed by atoms with Gasteiger partial charge in [0.2, 0.25) is 0 Å². The molecule has 1 fully saturated rings. The molecule has 0 saturated carbocycles. The second kappa shape index (κ2) is 7.03. The first-order chi connectivity index (χ1) is 9.66. The number of nitrogens with zero attached hydrogens (tertiary/aromatic N) is 1. The number of hydrogen-bond donors (Lipinski definition) is 0. The molecule has 0 aliphatic carbocycles. The number of hydrogen-bond acceptors (Lipinski definition) is 2. The summed E-state index contributed by atoms with van der Waals surface area (Å²) in [6.07, 6.45) is 6.23. The van der Waals surface area contributed by atoms with E-state index < -0.39 is 0 Å². The lowest BCUT2D eigenvalue weighted by molar-refractivity contribution is -0.131. The molecule has 2 rings (SSSR count). The van der Waals surface area contributed by atoms with Crippen LogP contribution in [0, 0.1) is 0 Å². The molecule has 1 aromatic carbocycles. The number of benzene rings is 1. The molecule has 1 unspecified atom stereocenters.